The molecule has 0 bridgehead atoms. The molecule has 4 heterocycles. The molecular weight excluding hydrogens is 402 g/mol. The molecule has 4 aromatic rings. The number of hydrogen-bond donors (Lipinski definition) is 0. The van der Waals surface area contributed by atoms with Crippen molar-refractivity contribution in [2.24, 2.45) is 14.1 Å². The quantitative estimate of drug-likeness (QED) is 0.491. The second-order valence-corrected chi connectivity index (χ2v) is 8.26. The Morgan fingerprint density at radius 3 is 2.53 bits per heavy atom. The van der Waals surface area contributed by atoms with Crippen LogP contribution >= 0.6 is 0 Å². The first-order valence-electron chi connectivity index (χ1n) is 10.4. The lowest BCUT2D eigenvalue weighted by Crippen LogP contribution is -2.37. The number of anilines is 3. The first kappa shape index (κ1) is 19.8. The van der Waals surface area contributed by atoms with Gasteiger partial charge in [0.2, 0.25) is 0 Å². The van der Waals surface area contributed by atoms with E-state index in [1.165, 1.54) is 0 Å². The van der Waals surface area contributed by atoms with Gasteiger partial charge in [-0.2, -0.15) is 10.4 Å². The Morgan fingerprint density at radius 2 is 1.81 bits per heavy atom. The van der Waals surface area contributed by atoms with Crippen LogP contribution in [0.2, 0.25) is 0 Å². The van der Waals surface area contributed by atoms with Gasteiger partial charge in [-0.25, -0.2) is 0 Å². The second kappa shape index (κ2) is 7.24. The van der Waals surface area contributed by atoms with E-state index in [-0.39, 0.29) is 5.56 Å². The highest BCUT2D eigenvalue weighted by molar-refractivity contribution is 5.97. The molecule has 8 nitrogen and oxygen atoms in total. The summed E-state index contributed by atoms with van der Waals surface area (Å²) in [7, 11) is 5.70. The Hall–Kier alpha value is -4.12. The van der Waals surface area contributed by atoms with Gasteiger partial charge in [-0.3, -0.25) is 14.5 Å². The number of fused-ring (bicyclic) bond motifs is 2. The standard InChI is InChI=1S/C24H23N7O/c1-15-7-19-22(30(4)24(15)32)12-26-13-23(19)31-6-5-28(2)20-9-18(16(10-25)8-21(20)31)17-11-27-29(3)14-17/h7-9,11-14H,5-6H2,1-4H3. The van der Waals surface area contributed by atoms with Crippen molar-refractivity contribution in [1.82, 2.24) is 19.3 Å². The van der Waals surface area contributed by atoms with Crippen LogP contribution in [-0.2, 0) is 14.1 Å². The van der Waals surface area contributed by atoms with E-state index in [9.17, 15) is 10.1 Å². The third-order valence-electron chi connectivity index (χ3n) is 6.21. The fourth-order valence-electron chi connectivity index (χ4n) is 4.46. The zero-order valence-electron chi connectivity index (χ0n) is 18.5. The Morgan fingerprint density at radius 1 is 1.00 bits per heavy atom. The predicted octanol–water partition coefficient (Wildman–Crippen LogP) is 3.10. The van der Waals surface area contributed by atoms with Crippen LogP contribution in [0.5, 0.6) is 0 Å². The molecule has 0 unspecified atom stereocenters. The summed E-state index contributed by atoms with van der Waals surface area (Å²) in [5, 5.41) is 15.2. The number of nitriles is 1. The van der Waals surface area contributed by atoms with Crippen molar-refractivity contribution >= 4 is 28.0 Å². The number of hydrogen-bond acceptors (Lipinski definition) is 6. The van der Waals surface area contributed by atoms with E-state index in [2.05, 4.69) is 39.1 Å². The molecule has 0 amide bonds. The van der Waals surface area contributed by atoms with Crippen molar-refractivity contribution in [3.05, 3.63) is 64.5 Å². The summed E-state index contributed by atoms with van der Waals surface area (Å²) in [5.41, 5.74) is 6.72. The monoisotopic (exact) mass is 425 g/mol. The first-order valence-corrected chi connectivity index (χ1v) is 10.4. The van der Waals surface area contributed by atoms with Crippen LogP contribution in [-0.4, -0.2) is 39.5 Å². The van der Waals surface area contributed by atoms with Gasteiger partial charge in [-0.15, -0.1) is 0 Å². The third kappa shape index (κ3) is 2.94. The van der Waals surface area contributed by atoms with E-state index in [1.54, 1.807) is 28.7 Å². The molecule has 0 saturated heterocycles. The molecule has 0 saturated carbocycles. The average Bonchev–Trinajstić information content (AvgIpc) is 3.23. The van der Waals surface area contributed by atoms with Gasteiger partial charge in [-0.05, 0) is 25.1 Å². The zero-order chi connectivity index (χ0) is 22.6. The fraction of sp³-hybridized carbons (Fsp3) is 0.250. The van der Waals surface area contributed by atoms with Crippen LogP contribution in [0, 0.1) is 18.3 Å². The highest BCUT2D eigenvalue weighted by Crippen LogP contribution is 2.42. The van der Waals surface area contributed by atoms with Crippen molar-refractivity contribution in [2.45, 2.75) is 6.92 Å². The van der Waals surface area contributed by atoms with Gasteiger partial charge < -0.3 is 14.4 Å². The highest BCUT2D eigenvalue weighted by Gasteiger charge is 2.26. The molecule has 0 aliphatic carbocycles. The molecule has 0 fully saturated rings. The number of pyridine rings is 2. The fourth-order valence-corrected chi connectivity index (χ4v) is 4.46. The van der Waals surface area contributed by atoms with Crippen LogP contribution in [0.4, 0.5) is 17.1 Å². The van der Waals surface area contributed by atoms with Crippen molar-refractivity contribution in [2.75, 3.05) is 29.9 Å². The van der Waals surface area contributed by atoms with E-state index in [0.29, 0.717) is 11.1 Å². The van der Waals surface area contributed by atoms with Gasteiger partial charge in [0.05, 0.1) is 52.8 Å². The van der Waals surface area contributed by atoms with E-state index >= 15 is 0 Å². The highest BCUT2D eigenvalue weighted by atomic mass is 16.1. The summed E-state index contributed by atoms with van der Waals surface area (Å²) in [5.74, 6) is 0. The summed E-state index contributed by atoms with van der Waals surface area (Å²) in [6.45, 7) is 3.38. The number of aryl methyl sites for hydroxylation is 3. The summed E-state index contributed by atoms with van der Waals surface area (Å²) in [6.07, 6.45) is 7.26. The lowest BCUT2D eigenvalue weighted by atomic mass is 9.98. The van der Waals surface area contributed by atoms with Gasteiger partial charge >= 0.3 is 0 Å². The van der Waals surface area contributed by atoms with Crippen molar-refractivity contribution in [1.29, 1.82) is 5.26 Å². The SMILES string of the molecule is Cc1cc2c(N3CCN(C)c4cc(-c5cnn(C)c5)c(C#N)cc43)cncc2n(C)c1=O. The van der Waals surface area contributed by atoms with Crippen molar-refractivity contribution in [3.8, 4) is 17.2 Å². The van der Waals surface area contributed by atoms with E-state index in [0.717, 1.165) is 52.2 Å². The lowest BCUT2D eigenvalue weighted by molar-refractivity contribution is 0.768. The minimum atomic E-state index is -0.0249. The maximum absolute atomic E-state index is 12.4. The van der Waals surface area contributed by atoms with Crippen LogP contribution in [0.3, 0.4) is 0 Å². The molecule has 1 aromatic carbocycles. The largest absolute Gasteiger partial charge is 0.371 e. The van der Waals surface area contributed by atoms with Gasteiger partial charge in [-0.1, -0.05) is 0 Å². The van der Waals surface area contributed by atoms with Crippen molar-refractivity contribution in [3.63, 3.8) is 0 Å². The Labute approximate surface area is 185 Å². The molecule has 0 spiro atoms. The molecule has 3 aromatic heterocycles. The number of likely N-dealkylation sites (N-methyl/N-ethyl adjacent to an activating group) is 1. The number of nitrogens with zero attached hydrogens (tertiary/aromatic N) is 7. The van der Waals surface area contributed by atoms with Crippen molar-refractivity contribution < 1.29 is 0 Å². The normalized spacial score (nSPS) is 13.3. The molecular formula is C24H23N7O. The average molecular weight is 425 g/mol. The second-order valence-electron chi connectivity index (χ2n) is 8.26. The number of aromatic nitrogens is 4. The van der Waals surface area contributed by atoms with Gasteiger partial charge in [0.25, 0.3) is 5.56 Å². The Balaban J connectivity index is 1.75. The predicted molar refractivity (Wildman–Crippen MR) is 125 cm³/mol. The summed E-state index contributed by atoms with van der Waals surface area (Å²) < 4.78 is 3.38. The summed E-state index contributed by atoms with van der Waals surface area (Å²) >= 11 is 0. The Kier molecular flexibility index (Phi) is 4.48. The smallest absolute Gasteiger partial charge is 0.253 e. The maximum Gasteiger partial charge on any atom is 0.253 e. The molecule has 32 heavy (non-hydrogen) atoms. The number of rotatable bonds is 2. The third-order valence-corrected chi connectivity index (χ3v) is 6.21. The lowest BCUT2D eigenvalue weighted by Gasteiger charge is -2.38. The van der Waals surface area contributed by atoms with Crippen LogP contribution in [0.25, 0.3) is 22.0 Å². The van der Waals surface area contributed by atoms with E-state index in [1.807, 2.05) is 38.5 Å². The van der Waals surface area contributed by atoms with Crippen LogP contribution < -0.4 is 15.4 Å². The zero-order valence-corrected chi connectivity index (χ0v) is 18.5. The molecule has 1 aliphatic heterocycles. The van der Waals surface area contributed by atoms with Gasteiger partial charge in [0.15, 0.2) is 0 Å². The van der Waals surface area contributed by atoms with Crippen LogP contribution in [0.1, 0.15) is 11.1 Å². The van der Waals surface area contributed by atoms with Gasteiger partial charge in [0.1, 0.15) is 0 Å². The first-order chi connectivity index (χ1) is 15.4. The van der Waals surface area contributed by atoms with Crippen LogP contribution in [0.15, 0.2) is 47.8 Å². The minimum Gasteiger partial charge on any atom is -0.371 e. The molecule has 8 heteroatoms. The molecule has 160 valence electrons. The van der Waals surface area contributed by atoms with Gasteiger partial charge in [0, 0.05) is 62.5 Å². The van der Waals surface area contributed by atoms with E-state index < -0.39 is 0 Å². The minimum absolute atomic E-state index is 0.0249. The Bertz CT molecular complexity index is 1470. The molecule has 1 aliphatic rings. The molecule has 5 rings (SSSR count). The summed E-state index contributed by atoms with van der Waals surface area (Å²) in [6, 6.07) is 8.30. The maximum atomic E-state index is 12.4. The molecule has 0 radical (unpaired) electrons. The molecule has 0 N–H and O–H groups in total. The van der Waals surface area contributed by atoms with E-state index in [4.69, 9.17) is 0 Å². The number of benzene rings is 1. The molecule has 0 atom stereocenters. The summed E-state index contributed by atoms with van der Waals surface area (Å²) in [4.78, 5) is 21.3. The topological polar surface area (TPSA) is 83.0 Å².